The zero-order chi connectivity index (χ0) is 11.5. The van der Waals surface area contributed by atoms with Crippen molar-refractivity contribution in [1.29, 1.82) is 0 Å². The highest BCUT2D eigenvalue weighted by molar-refractivity contribution is 7.13. The summed E-state index contributed by atoms with van der Waals surface area (Å²) in [6.45, 7) is 0.773. The van der Waals surface area contributed by atoms with E-state index in [4.69, 9.17) is 0 Å². The summed E-state index contributed by atoms with van der Waals surface area (Å²) in [7, 11) is 0. The zero-order valence-corrected chi connectivity index (χ0v) is 9.89. The van der Waals surface area contributed by atoms with Crippen LogP contribution in [0, 0.1) is 6.07 Å². The van der Waals surface area contributed by atoms with Gasteiger partial charge in [0.05, 0.1) is 18.6 Å². The molecule has 0 N–H and O–H groups in total. The number of nitrogens with zero attached hydrogens (tertiary/aromatic N) is 3. The van der Waals surface area contributed by atoms with Crippen molar-refractivity contribution in [3.8, 4) is 10.6 Å². The normalized spacial score (nSPS) is 10.6. The molecule has 2 heterocycles. The van der Waals surface area contributed by atoms with E-state index in [1.165, 1.54) is 0 Å². The molecule has 1 aromatic carbocycles. The van der Waals surface area contributed by atoms with Gasteiger partial charge < -0.3 is 4.57 Å². The monoisotopic (exact) mass is 240 g/mol. The van der Waals surface area contributed by atoms with Crippen LogP contribution in [0.5, 0.6) is 0 Å². The van der Waals surface area contributed by atoms with E-state index in [0.29, 0.717) is 0 Å². The molecule has 1 radical (unpaired) electrons. The first-order chi connectivity index (χ1) is 8.42. The molecule has 4 heteroatoms. The Hall–Kier alpha value is -1.94. The van der Waals surface area contributed by atoms with Crippen LogP contribution < -0.4 is 0 Å². The van der Waals surface area contributed by atoms with Gasteiger partial charge in [-0.1, -0.05) is 24.3 Å². The van der Waals surface area contributed by atoms with E-state index < -0.39 is 0 Å². The largest absolute Gasteiger partial charge is 0.331 e. The Balaban J connectivity index is 1.84. The molecule has 0 spiro atoms. The van der Waals surface area contributed by atoms with Gasteiger partial charge in [0.25, 0.3) is 0 Å². The first-order valence-electron chi connectivity index (χ1n) is 5.28. The third-order valence-electron chi connectivity index (χ3n) is 2.42. The molecule has 3 aromatic rings. The highest BCUT2D eigenvalue weighted by Gasteiger charge is 2.04. The van der Waals surface area contributed by atoms with E-state index in [9.17, 15) is 0 Å². The number of aromatic nitrogens is 3. The molecule has 0 aliphatic rings. The van der Waals surface area contributed by atoms with Crippen molar-refractivity contribution < 1.29 is 0 Å². The number of imidazole rings is 1. The highest BCUT2D eigenvalue weighted by atomic mass is 32.1. The minimum atomic E-state index is 0.773. The molecule has 17 heavy (non-hydrogen) atoms. The Kier molecular flexibility index (Phi) is 2.71. The molecule has 3 nitrogen and oxygen atoms in total. The summed E-state index contributed by atoms with van der Waals surface area (Å²) < 4.78 is 2.01. The van der Waals surface area contributed by atoms with Gasteiger partial charge in [0.1, 0.15) is 5.01 Å². The van der Waals surface area contributed by atoms with E-state index in [-0.39, 0.29) is 0 Å². The van der Waals surface area contributed by atoms with E-state index in [0.717, 1.165) is 22.8 Å². The van der Waals surface area contributed by atoms with Crippen LogP contribution in [0.1, 0.15) is 5.69 Å². The van der Waals surface area contributed by atoms with Crippen LogP contribution in [-0.2, 0) is 6.54 Å². The van der Waals surface area contributed by atoms with Gasteiger partial charge in [-0.3, -0.25) is 0 Å². The van der Waals surface area contributed by atoms with Crippen molar-refractivity contribution in [3.63, 3.8) is 0 Å². The maximum atomic E-state index is 4.61. The first-order valence-corrected chi connectivity index (χ1v) is 6.16. The van der Waals surface area contributed by atoms with Crippen LogP contribution in [0.4, 0.5) is 0 Å². The number of thiazole rings is 1. The molecule has 3 rings (SSSR count). The van der Waals surface area contributed by atoms with Gasteiger partial charge in [-0.2, -0.15) is 0 Å². The minimum Gasteiger partial charge on any atom is -0.331 e. The van der Waals surface area contributed by atoms with Gasteiger partial charge in [0.2, 0.25) is 0 Å². The van der Waals surface area contributed by atoms with Gasteiger partial charge in [-0.15, -0.1) is 11.3 Å². The second-order valence-electron chi connectivity index (χ2n) is 3.67. The van der Waals surface area contributed by atoms with E-state index >= 15 is 0 Å². The Bertz CT molecular complexity index is 584. The Morgan fingerprint density at radius 3 is 2.94 bits per heavy atom. The van der Waals surface area contributed by atoms with Crippen LogP contribution in [0.2, 0.25) is 0 Å². The average Bonchev–Trinajstić information content (AvgIpc) is 3.02. The molecule has 2 aromatic heterocycles. The summed E-state index contributed by atoms with van der Waals surface area (Å²) in [6, 6.07) is 10.9. The van der Waals surface area contributed by atoms with Gasteiger partial charge in [0, 0.05) is 23.3 Å². The summed E-state index contributed by atoms with van der Waals surface area (Å²) in [4.78, 5) is 8.63. The predicted molar refractivity (Wildman–Crippen MR) is 67.7 cm³/mol. The molecule has 0 amide bonds. The molecule has 83 valence electrons. The lowest BCUT2D eigenvalue weighted by molar-refractivity contribution is 0.779. The maximum absolute atomic E-state index is 4.61. The second-order valence-corrected chi connectivity index (χ2v) is 4.53. The van der Waals surface area contributed by atoms with Crippen LogP contribution in [0.25, 0.3) is 10.6 Å². The van der Waals surface area contributed by atoms with Crippen molar-refractivity contribution in [2.45, 2.75) is 6.54 Å². The third kappa shape index (κ3) is 2.26. The van der Waals surface area contributed by atoms with E-state index in [1.807, 2.05) is 35.0 Å². The molecular formula is C13H10N3S. The van der Waals surface area contributed by atoms with Crippen LogP contribution in [0.15, 0.2) is 48.4 Å². The van der Waals surface area contributed by atoms with E-state index in [2.05, 4.69) is 21.4 Å². The summed E-state index contributed by atoms with van der Waals surface area (Å²) in [5.74, 6) is 0. The fraction of sp³-hybridized carbons (Fsp3) is 0.0769. The maximum Gasteiger partial charge on any atom is 0.123 e. The molecule has 0 fully saturated rings. The SMILES string of the molecule is [c]1ccc(-c2nc(Cn3ccnc3)cs2)cc1. The molecule has 0 atom stereocenters. The predicted octanol–water partition coefficient (Wildman–Crippen LogP) is 2.86. The molecular weight excluding hydrogens is 230 g/mol. The molecule has 0 bridgehead atoms. The number of rotatable bonds is 3. The molecule has 0 unspecified atom stereocenters. The van der Waals surface area contributed by atoms with Crippen molar-refractivity contribution in [2.24, 2.45) is 0 Å². The fourth-order valence-electron chi connectivity index (χ4n) is 1.61. The second kappa shape index (κ2) is 4.51. The van der Waals surface area contributed by atoms with Crippen LogP contribution in [-0.4, -0.2) is 14.5 Å². The standard InChI is InChI=1S/C13H10N3S/c1-2-4-11(5-3-1)13-15-12(9-17-13)8-16-7-6-14-10-16/h2-7,9-10H,8H2. The minimum absolute atomic E-state index is 0.773. The van der Waals surface area contributed by atoms with Crippen LogP contribution in [0.3, 0.4) is 0 Å². The molecule has 0 aliphatic heterocycles. The topological polar surface area (TPSA) is 30.7 Å². The highest BCUT2D eigenvalue weighted by Crippen LogP contribution is 2.23. The van der Waals surface area contributed by atoms with Gasteiger partial charge >= 0.3 is 0 Å². The summed E-state index contributed by atoms with van der Waals surface area (Å²) in [5.41, 5.74) is 2.21. The molecule has 0 saturated carbocycles. The van der Waals surface area contributed by atoms with Crippen LogP contribution >= 0.6 is 11.3 Å². The lowest BCUT2D eigenvalue weighted by Gasteiger charge is -1.97. The van der Waals surface area contributed by atoms with Crippen molar-refractivity contribution >= 4 is 11.3 Å². The first kappa shape index (κ1) is 10.2. The van der Waals surface area contributed by atoms with Gasteiger partial charge in [0.15, 0.2) is 0 Å². The van der Waals surface area contributed by atoms with Crippen molar-refractivity contribution in [2.75, 3.05) is 0 Å². The van der Waals surface area contributed by atoms with Crippen molar-refractivity contribution in [1.82, 2.24) is 14.5 Å². The Morgan fingerprint density at radius 2 is 2.18 bits per heavy atom. The van der Waals surface area contributed by atoms with Gasteiger partial charge in [-0.25, -0.2) is 9.97 Å². The quantitative estimate of drug-likeness (QED) is 0.704. The third-order valence-corrected chi connectivity index (χ3v) is 3.36. The molecule has 0 saturated heterocycles. The smallest absolute Gasteiger partial charge is 0.123 e. The number of benzene rings is 1. The zero-order valence-electron chi connectivity index (χ0n) is 9.08. The number of hydrogen-bond donors (Lipinski definition) is 0. The Labute approximate surface area is 103 Å². The Morgan fingerprint density at radius 1 is 1.29 bits per heavy atom. The number of hydrogen-bond acceptors (Lipinski definition) is 3. The summed E-state index contributed by atoms with van der Waals surface area (Å²) >= 11 is 1.67. The summed E-state index contributed by atoms with van der Waals surface area (Å²) in [6.07, 6.45) is 5.52. The lowest BCUT2D eigenvalue weighted by Crippen LogP contribution is -1.96. The van der Waals surface area contributed by atoms with Crippen molar-refractivity contribution in [3.05, 3.63) is 60.1 Å². The van der Waals surface area contributed by atoms with E-state index in [1.54, 1.807) is 23.9 Å². The molecule has 0 aliphatic carbocycles. The van der Waals surface area contributed by atoms with Gasteiger partial charge in [-0.05, 0) is 6.07 Å². The average molecular weight is 240 g/mol. The fourth-order valence-corrected chi connectivity index (χ4v) is 2.43. The lowest BCUT2D eigenvalue weighted by atomic mass is 10.2. The summed E-state index contributed by atoms with van der Waals surface area (Å²) in [5, 5.41) is 3.14.